The first kappa shape index (κ1) is 19.9. The van der Waals surface area contributed by atoms with Crippen LogP contribution in [0.15, 0.2) is 0 Å². The van der Waals surface area contributed by atoms with E-state index >= 15 is 0 Å². The Kier molecular flexibility index (Phi) is 10.3. The topological polar surface area (TPSA) is 31.0 Å². The zero-order valence-electron chi connectivity index (χ0n) is 15.4. The number of unbranched alkanes of at least 4 members (excludes halogenated alkanes) is 6. The fourth-order valence-corrected chi connectivity index (χ4v) is 3.48. The van der Waals surface area contributed by atoms with Gasteiger partial charge in [0.15, 0.2) is 6.29 Å². The van der Waals surface area contributed by atoms with Crippen molar-refractivity contribution in [2.24, 2.45) is 5.41 Å². The van der Waals surface area contributed by atoms with Gasteiger partial charge in [0.1, 0.15) is 0 Å². The second-order valence-corrected chi connectivity index (χ2v) is 6.52. The first-order chi connectivity index (χ1) is 10.7. The molecule has 0 aliphatic carbocycles. The Bertz CT molecular complexity index is 259. The second-order valence-electron chi connectivity index (χ2n) is 6.52. The van der Waals surface area contributed by atoms with Crippen LogP contribution < -0.4 is 0 Å². The van der Waals surface area contributed by atoms with Gasteiger partial charge in [-0.3, -0.25) is 0 Å². The Morgan fingerprint density at radius 1 is 0.909 bits per heavy atom. The summed E-state index contributed by atoms with van der Waals surface area (Å²) in [6.07, 6.45) is 11.9. The molecular weight excluding hydrogens is 276 g/mol. The van der Waals surface area contributed by atoms with E-state index in [-0.39, 0.29) is 11.7 Å². The summed E-state index contributed by atoms with van der Waals surface area (Å²) in [5.41, 5.74) is 0.0510. The van der Waals surface area contributed by atoms with E-state index in [9.17, 15) is 0 Å². The van der Waals surface area contributed by atoms with Crippen LogP contribution in [0, 0.1) is 5.41 Å². The molecule has 132 valence electrons. The van der Waals surface area contributed by atoms with Gasteiger partial charge in [0, 0.05) is 18.6 Å². The van der Waals surface area contributed by atoms with Crippen LogP contribution in [0.5, 0.6) is 0 Å². The van der Waals surface area contributed by atoms with E-state index in [4.69, 9.17) is 14.2 Å². The molecule has 0 bridgehead atoms. The molecule has 1 fully saturated rings. The summed E-state index contributed by atoms with van der Waals surface area (Å²) in [6.45, 7) is 10.9. The minimum absolute atomic E-state index is 0.0510. The predicted octanol–water partition coefficient (Wildman–Crippen LogP) is 5.32. The molecule has 0 spiro atoms. The van der Waals surface area contributed by atoms with Crippen LogP contribution in [0.1, 0.15) is 85.5 Å². The quantitative estimate of drug-likeness (QED) is 0.233. The van der Waals surface area contributed by atoms with Gasteiger partial charge < -0.3 is 14.2 Å². The third-order valence-corrected chi connectivity index (χ3v) is 4.98. The average Bonchev–Trinajstić information content (AvgIpc) is 3.36. The van der Waals surface area contributed by atoms with Crippen LogP contribution in [-0.2, 0) is 14.2 Å². The maximum Gasteiger partial charge on any atom is 0.165 e. The number of hydrogen-bond donors (Lipinski definition) is 0. The molecule has 0 aromatic rings. The summed E-state index contributed by atoms with van der Waals surface area (Å²) in [4.78, 5) is 0. The molecule has 1 aliphatic rings. The molecule has 0 radical (unpaired) electrons. The fraction of sp³-hybridized carbons (Fsp3) is 1.00. The summed E-state index contributed by atoms with van der Waals surface area (Å²) in [5, 5.41) is 0. The molecule has 1 rings (SSSR count). The summed E-state index contributed by atoms with van der Waals surface area (Å²) in [6, 6.07) is 0. The molecule has 1 heterocycles. The summed E-state index contributed by atoms with van der Waals surface area (Å²) in [7, 11) is 0. The van der Waals surface area contributed by atoms with Gasteiger partial charge in [0.05, 0.1) is 12.7 Å². The Morgan fingerprint density at radius 3 is 1.91 bits per heavy atom. The molecule has 0 saturated carbocycles. The maximum atomic E-state index is 5.95. The van der Waals surface area contributed by atoms with Crippen LogP contribution in [0.2, 0.25) is 0 Å². The van der Waals surface area contributed by atoms with Crippen molar-refractivity contribution in [3.63, 3.8) is 0 Å². The number of rotatable bonds is 15. The van der Waals surface area contributed by atoms with Crippen molar-refractivity contribution >= 4 is 0 Å². The Balaban J connectivity index is 2.45. The van der Waals surface area contributed by atoms with Crippen molar-refractivity contribution in [3.8, 4) is 0 Å². The maximum absolute atomic E-state index is 5.95. The zero-order chi connectivity index (χ0) is 16.3. The molecule has 2 unspecified atom stereocenters. The van der Waals surface area contributed by atoms with E-state index in [2.05, 4.69) is 13.8 Å². The largest absolute Gasteiger partial charge is 0.372 e. The second kappa shape index (κ2) is 11.4. The smallest absolute Gasteiger partial charge is 0.165 e. The number of epoxide rings is 1. The van der Waals surface area contributed by atoms with Crippen LogP contribution >= 0.6 is 0 Å². The van der Waals surface area contributed by atoms with Gasteiger partial charge in [-0.1, -0.05) is 58.8 Å². The number of ether oxygens (including phenoxy) is 3. The van der Waals surface area contributed by atoms with Gasteiger partial charge in [-0.15, -0.1) is 0 Å². The lowest BCUT2D eigenvalue weighted by atomic mass is 9.76. The minimum Gasteiger partial charge on any atom is -0.372 e. The third-order valence-electron chi connectivity index (χ3n) is 4.98. The highest BCUT2D eigenvalue weighted by atomic mass is 16.7. The number of hydrogen-bond acceptors (Lipinski definition) is 3. The SMILES string of the molecule is CCCCCCCCCC(CC)(C1CO1)C(OCC)OCC. The highest BCUT2D eigenvalue weighted by Gasteiger charge is 2.51. The Morgan fingerprint density at radius 2 is 1.45 bits per heavy atom. The van der Waals surface area contributed by atoms with Crippen LogP contribution in [0.3, 0.4) is 0 Å². The molecule has 22 heavy (non-hydrogen) atoms. The molecule has 0 amide bonds. The molecule has 0 aromatic heterocycles. The highest BCUT2D eigenvalue weighted by Crippen LogP contribution is 2.45. The van der Waals surface area contributed by atoms with Crippen molar-refractivity contribution in [2.45, 2.75) is 97.9 Å². The van der Waals surface area contributed by atoms with Gasteiger partial charge in [-0.05, 0) is 26.7 Å². The highest BCUT2D eigenvalue weighted by molar-refractivity contribution is 4.95. The van der Waals surface area contributed by atoms with E-state index in [1.807, 2.05) is 13.8 Å². The monoisotopic (exact) mass is 314 g/mol. The minimum atomic E-state index is -0.111. The van der Waals surface area contributed by atoms with E-state index in [0.717, 1.165) is 19.4 Å². The van der Waals surface area contributed by atoms with Crippen LogP contribution in [0.25, 0.3) is 0 Å². The standard InChI is InChI=1S/C19H38O3/c1-5-9-10-11-12-13-14-15-19(6-2,17-16-22-17)18(20-7-3)21-8-4/h17-18H,5-16H2,1-4H3. The average molecular weight is 315 g/mol. The van der Waals surface area contributed by atoms with E-state index in [0.29, 0.717) is 19.3 Å². The first-order valence-corrected chi connectivity index (χ1v) is 9.59. The lowest BCUT2D eigenvalue weighted by molar-refractivity contribution is -0.213. The van der Waals surface area contributed by atoms with E-state index in [1.54, 1.807) is 0 Å². The first-order valence-electron chi connectivity index (χ1n) is 9.59. The van der Waals surface area contributed by atoms with Crippen molar-refractivity contribution in [1.82, 2.24) is 0 Å². The van der Waals surface area contributed by atoms with Gasteiger partial charge in [-0.25, -0.2) is 0 Å². The molecule has 1 aliphatic heterocycles. The van der Waals surface area contributed by atoms with Gasteiger partial charge >= 0.3 is 0 Å². The van der Waals surface area contributed by atoms with Crippen molar-refractivity contribution < 1.29 is 14.2 Å². The molecule has 3 nitrogen and oxygen atoms in total. The molecular formula is C19H38O3. The molecule has 2 atom stereocenters. The molecule has 1 saturated heterocycles. The summed E-state index contributed by atoms with van der Waals surface area (Å²) < 4.78 is 17.6. The third kappa shape index (κ3) is 6.17. The van der Waals surface area contributed by atoms with Gasteiger partial charge in [-0.2, -0.15) is 0 Å². The van der Waals surface area contributed by atoms with Crippen LogP contribution in [0.4, 0.5) is 0 Å². The Hall–Kier alpha value is -0.120. The lowest BCUT2D eigenvalue weighted by Crippen LogP contribution is -2.43. The van der Waals surface area contributed by atoms with Gasteiger partial charge in [0.2, 0.25) is 0 Å². The predicted molar refractivity (Wildman–Crippen MR) is 92.1 cm³/mol. The zero-order valence-corrected chi connectivity index (χ0v) is 15.4. The fourth-order valence-electron chi connectivity index (χ4n) is 3.48. The normalized spacial score (nSPS) is 20.3. The lowest BCUT2D eigenvalue weighted by Gasteiger charge is -2.38. The van der Waals surface area contributed by atoms with E-state index in [1.165, 1.54) is 44.9 Å². The van der Waals surface area contributed by atoms with Crippen LogP contribution in [-0.4, -0.2) is 32.2 Å². The molecule has 0 N–H and O–H groups in total. The van der Waals surface area contributed by atoms with E-state index < -0.39 is 0 Å². The molecule has 3 heteroatoms. The summed E-state index contributed by atoms with van der Waals surface area (Å²) >= 11 is 0. The Labute approximate surface area is 138 Å². The van der Waals surface area contributed by atoms with Gasteiger partial charge in [0.25, 0.3) is 0 Å². The van der Waals surface area contributed by atoms with Crippen molar-refractivity contribution in [1.29, 1.82) is 0 Å². The molecule has 0 aromatic carbocycles. The van der Waals surface area contributed by atoms with Crippen molar-refractivity contribution in [3.05, 3.63) is 0 Å². The summed E-state index contributed by atoms with van der Waals surface area (Å²) in [5.74, 6) is 0. The van der Waals surface area contributed by atoms with Crippen molar-refractivity contribution in [2.75, 3.05) is 19.8 Å².